The summed E-state index contributed by atoms with van der Waals surface area (Å²) in [5.74, 6) is 0.195. The molecule has 0 saturated carbocycles. The van der Waals surface area contributed by atoms with Crippen molar-refractivity contribution in [1.29, 1.82) is 0 Å². The Morgan fingerprint density at radius 3 is 2.84 bits per heavy atom. The molecule has 0 radical (unpaired) electrons. The molecule has 2 aliphatic rings. The first kappa shape index (κ1) is 12.5. The van der Waals surface area contributed by atoms with Crippen LogP contribution in [0.15, 0.2) is 18.2 Å². The number of hydrogen-bond acceptors (Lipinski definition) is 3. The van der Waals surface area contributed by atoms with Crippen LogP contribution in [0.1, 0.15) is 29.8 Å². The molecule has 1 aromatic carbocycles. The number of likely N-dealkylation sites (tertiary alicyclic amines) is 1. The number of rotatable bonds is 2. The lowest BCUT2D eigenvalue weighted by Crippen LogP contribution is -2.65. The third kappa shape index (κ3) is 2.00. The Balaban J connectivity index is 1.72. The molecule has 1 saturated heterocycles. The van der Waals surface area contributed by atoms with Gasteiger partial charge in [0.05, 0.1) is 13.1 Å². The number of aliphatic hydroxyl groups is 1. The molecule has 19 heavy (non-hydrogen) atoms. The number of benzene rings is 1. The highest BCUT2D eigenvalue weighted by Crippen LogP contribution is 2.31. The van der Waals surface area contributed by atoms with E-state index in [1.54, 1.807) is 4.90 Å². The zero-order chi connectivity index (χ0) is 13.6. The second-order valence-corrected chi connectivity index (χ2v) is 5.97. The molecule has 4 nitrogen and oxygen atoms in total. The van der Waals surface area contributed by atoms with Crippen LogP contribution in [0.5, 0.6) is 0 Å². The van der Waals surface area contributed by atoms with E-state index in [0.29, 0.717) is 18.7 Å². The summed E-state index contributed by atoms with van der Waals surface area (Å²) in [7, 11) is 0. The molecular formula is C15H20N2O2. The zero-order valence-corrected chi connectivity index (χ0v) is 11.4. The van der Waals surface area contributed by atoms with E-state index in [-0.39, 0.29) is 11.8 Å². The Morgan fingerprint density at radius 1 is 1.42 bits per heavy atom. The monoisotopic (exact) mass is 260 g/mol. The fraction of sp³-hybridized carbons (Fsp3) is 0.533. The molecule has 2 aliphatic heterocycles. The van der Waals surface area contributed by atoms with Crippen LogP contribution in [0.3, 0.4) is 0 Å². The number of carbonyl (C=O) groups excluding carboxylic acids is 1. The highest BCUT2D eigenvalue weighted by atomic mass is 16.3. The van der Waals surface area contributed by atoms with E-state index in [1.165, 1.54) is 5.56 Å². The van der Waals surface area contributed by atoms with Gasteiger partial charge in [-0.3, -0.25) is 4.79 Å². The lowest BCUT2D eigenvalue weighted by Gasteiger charge is -2.49. The number of carbonyl (C=O) groups is 1. The van der Waals surface area contributed by atoms with Gasteiger partial charge in [0.2, 0.25) is 0 Å². The van der Waals surface area contributed by atoms with Gasteiger partial charge in [-0.05, 0) is 30.0 Å². The molecule has 0 spiro atoms. The van der Waals surface area contributed by atoms with Gasteiger partial charge >= 0.3 is 0 Å². The molecule has 3 rings (SSSR count). The first-order valence-corrected chi connectivity index (χ1v) is 6.88. The average molecular weight is 260 g/mol. The van der Waals surface area contributed by atoms with Crippen molar-refractivity contribution in [2.45, 2.75) is 25.9 Å². The number of amides is 1. The van der Waals surface area contributed by atoms with Gasteiger partial charge in [-0.15, -0.1) is 0 Å². The molecule has 0 atom stereocenters. The van der Waals surface area contributed by atoms with Crippen LogP contribution in [0, 0.1) is 5.92 Å². The van der Waals surface area contributed by atoms with Crippen LogP contribution in [0.2, 0.25) is 0 Å². The molecule has 4 heteroatoms. The SMILES string of the molecule is CC(C)C1(O)CN(C(=O)c2ccc3c(c2)NCC3)C1. The third-order valence-electron chi connectivity index (χ3n) is 4.36. The normalized spacial score (nSPS) is 19.9. The Bertz CT molecular complexity index is 519. The van der Waals surface area contributed by atoms with Crippen molar-refractivity contribution in [3.05, 3.63) is 29.3 Å². The van der Waals surface area contributed by atoms with E-state index >= 15 is 0 Å². The van der Waals surface area contributed by atoms with Gasteiger partial charge < -0.3 is 15.3 Å². The lowest BCUT2D eigenvalue weighted by molar-refractivity contribution is -0.110. The summed E-state index contributed by atoms with van der Waals surface area (Å²) < 4.78 is 0. The maximum atomic E-state index is 12.3. The summed E-state index contributed by atoms with van der Waals surface area (Å²) in [5.41, 5.74) is 2.35. The molecule has 2 N–H and O–H groups in total. The maximum absolute atomic E-state index is 12.3. The van der Waals surface area contributed by atoms with Crippen molar-refractivity contribution in [1.82, 2.24) is 4.90 Å². The molecule has 0 aromatic heterocycles. The van der Waals surface area contributed by atoms with Gasteiger partial charge in [0, 0.05) is 17.8 Å². The van der Waals surface area contributed by atoms with E-state index < -0.39 is 5.60 Å². The number of fused-ring (bicyclic) bond motifs is 1. The van der Waals surface area contributed by atoms with Crippen molar-refractivity contribution in [3.8, 4) is 0 Å². The standard InChI is InChI=1S/C15H20N2O2/c1-10(2)15(19)8-17(9-15)14(18)12-4-3-11-5-6-16-13(11)7-12/h3-4,7,10,16,19H,5-6,8-9H2,1-2H3. The summed E-state index contributed by atoms with van der Waals surface area (Å²) in [6, 6.07) is 5.84. The number of anilines is 1. The Morgan fingerprint density at radius 2 is 2.16 bits per heavy atom. The second kappa shape index (κ2) is 4.23. The summed E-state index contributed by atoms with van der Waals surface area (Å²) in [6.45, 7) is 5.80. The van der Waals surface area contributed by atoms with Crippen LogP contribution in [0.25, 0.3) is 0 Å². The van der Waals surface area contributed by atoms with Crippen molar-refractivity contribution in [2.24, 2.45) is 5.92 Å². The van der Waals surface area contributed by atoms with Gasteiger partial charge in [-0.2, -0.15) is 0 Å². The molecule has 0 bridgehead atoms. The van der Waals surface area contributed by atoms with Gasteiger partial charge in [0.15, 0.2) is 0 Å². The smallest absolute Gasteiger partial charge is 0.254 e. The summed E-state index contributed by atoms with van der Waals surface area (Å²) in [6.07, 6.45) is 1.03. The van der Waals surface area contributed by atoms with Crippen LogP contribution in [-0.4, -0.2) is 41.1 Å². The number of β-amino-alcohol motifs (C(OH)–C–C–N with tert-alkyl or cyclic N) is 1. The Labute approximate surface area is 113 Å². The van der Waals surface area contributed by atoms with Crippen molar-refractivity contribution < 1.29 is 9.90 Å². The van der Waals surface area contributed by atoms with Gasteiger partial charge in [0.25, 0.3) is 5.91 Å². The van der Waals surface area contributed by atoms with Crippen molar-refractivity contribution >= 4 is 11.6 Å². The summed E-state index contributed by atoms with van der Waals surface area (Å²) in [4.78, 5) is 14.0. The van der Waals surface area contributed by atoms with Crippen LogP contribution >= 0.6 is 0 Å². The Kier molecular flexibility index (Phi) is 2.78. The fourth-order valence-electron chi connectivity index (χ4n) is 2.73. The highest BCUT2D eigenvalue weighted by molar-refractivity contribution is 5.96. The van der Waals surface area contributed by atoms with Gasteiger partial charge in [0.1, 0.15) is 5.60 Å². The highest BCUT2D eigenvalue weighted by Gasteiger charge is 2.45. The molecule has 2 heterocycles. The van der Waals surface area contributed by atoms with E-state index in [9.17, 15) is 9.90 Å². The van der Waals surface area contributed by atoms with Crippen LogP contribution in [-0.2, 0) is 6.42 Å². The van der Waals surface area contributed by atoms with Gasteiger partial charge in [-0.25, -0.2) is 0 Å². The van der Waals surface area contributed by atoms with Crippen molar-refractivity contribution in [2.75, 3.05) is 25.0 Å². The lowest BCUT2D eigenvalue weighted by atomic mass is 9.82. The van der Waals surface area contributed by atoms with Crippen LogP contribution < -0.4 is 5.32 Å². The first-order valence-electron chi connectivity index (χ1n) is 6.88. The molecule has 1 amide bonds. The van der Waals surface area contributed by atoms with E-state index in [4.69, 9.17) is 0 Å². The number of nitrogens with zero attached hydrogens (tertiary/aromatic N) is 1. The van der Waals surface area contributed by atoms with Crippen molar-refractivity contribution in [3.63, 3.8) is 0 Å². The predicted molar refractivity (Wildman–Crippen MR) is 74.3 cm³/mol. The zero-order valence-electron chi connectivity index (χ0n) is 11.4. The minimum Gasteiger partial charge on any atom is -0.386 e. The molecule has 1 aromatic rings. The topological polar surface area (TPSA) is 52.6 Å². The molecule has 102 valence electrons. The Hall–Kier alpha value is -1.55. The second-order valence-electron chi connectivity index (χ2n) is 5.97. The minimum atomic E-state index is -0.704. The van der Waals surface area contributed by atoms with E-state index in [2.05, 4.69) is 5.32 Å². The van der Waals surface area contributed by atoms with E-state index in [0.717, 1.165) is 18.7 Å². The quantitative estimate of drug-likeness (QED) is 0.847. The van der Waals surface area contributed by atoms with E-state index in [1.807, 2.05) is 32.0 Å². The molecule has 1 fully saturated rings. The first-order chi connectivity index (χ1) is 8.99. The third-order valence-corrected chi connectivity index (χ3v) is 4.36. The summed E-state index contributed by atoms with van der Waals surface area (Å²) in [5, 5.41) is 13.5. The molecule has 0 aliphatic carbocycles. The molecule has 0 unspecified atom stereocenters. The number of hydrogen-bond donors (Lipinski definition) is 2. The number of nitrogens with one attached hydrogen (secondary N) is 1. The van der Waals surface area contributed by atoms with Gasteiger partial charge in [-0.1, -0.05) is 19.9 Å². The predicted octanol–water partition coefficient (Wildman–Crippen LogP) is 1.50. The minimum absolute atomic E-state index is 0.0156. The maximum Gasteiger partial charge on any atom is 0.254 e. The molecular weight excluding hydrogens is 240 g/mol. The van der Waals surface area contributed by atoms with Crippen LogP contribution in [0.4, 0.5) is 5.69 Å². The fourth-order valence-corrected chi connectivity index (χ4v) is 2.73. The average Bonchev–Trinajstić information content (AvgIpc) is 2.80. The largest absolute Gasteiger partial charge is 0.386 e. The summed E-state index contributed by atoms with van der Waals surface area (Å²) >= 11 is 0.